The number of nitrogen functional groups attached to an aromatic ring is 1. The molecule has 0 bridgehead atoms. The van der Waals surface area contributed by atoms with E-state index in [0.717, 1.165) is 18.7 Å². The van der Waals surface area contributed by atoms with Crippen LogP contribution in [-0.2, 0) is 6.54 Å². The molecule has 31 heavy (non-hydrogen) atoms. The summed E-state index contributed by atoms with van der Waals surface area (Å²) in [6, 6.07) is 5.33. The van der Waals surface area contributed by atoms with Crippen molar-refractivity contribution in [3.63, 3.8) is 0 Å². The number of ether oxygens (including phenoxy) is 2. The third-order valence-electron chi connectivity index (χ3n) is 4.72. The van der Waals surface area contributed by atoms with E-state index in [4.69, 9.17) is 15.2 Å². The molecule has 0 saturated carbocycles. The zero-order valence-electron chi connectivity index (χ0n) is 17.0. The Morgan fingerprint density at radius 3 is 2.84 bits per heavy atom. The Bertz CT molecular complexity index is 1100. The first-order valence-corrected chi connectivity index (χ1v) is 9.59. The van der Waals surface area contributed by atoms with Crippen LogP contribution in [0.3, 0.4) is 0 Å². The van der Waals surface area contributed by atoms with Gasteiger partial charge in [0, 0.05) is 6.54 Å². The summed E-state index contributed by atoms with van der Waals surface area (Å²) < 4.78 is 16.6. The van der Waals surface area contributed by atoms with Gasteiger partial charge in [-0.25, -0.2) is 10.1 Å². The van der Waals surface area contributed by atoms with Gasteiger partial charge in [-0.1, -0.05) is 19.1 Å². The lowest BCUT2D eigenvalue weighted by molar-refractivity contribution is 0.0948. The topological polar surface area (TPSA) is 159 Å². The first kappa shape index (κ1) is 20.3. The largest absolute Gasteiger partial charge is 0.454 e. The molecule has 1 aromatic carbocycles. The van der Waals surface area contributed by atoms with Gasteiger partial charge in [0.2, 0.25) is 18.4 Å². The number of hydrogen-bond acceptors (Lipinski definition) is 11. The fourth-order valence-corrected chi connectivity index (χ4v) is 3.00. The molecular formula is C18H21N9O4. The van der Waals surface area contributed by atoms with Crippen molar-refractivity contribution in [3.8, 4) is 17.3 Å². The van der Waals surface area contributed by atoms with E-state index in [1.165, 1.54) is 10.9 Å². The summed E-state index contributed by atoms with van der Waals surface area (Å²) in [5, 5.41) is 19.4. The lowest BCUT2D eigenvalue weighted by atomic mass is 10.2. The Labute approximate surface area is 176 Å². The third kappa shape index (κ3) is 4.16. The van der Waals surface area contributed by atoms with Crippen molar-refractivity contribution in [1.29, 1.82) is 0 Å². The number of fused-ring (bicyclic) bond motifs is 1. The predicted octanol–water partition coefficient (Wildman–Crippen LogP) is 0.567. The summed E-state index contributed by atoms with van der Waals surface area (Å²) in [5.74, 6) is 0.968. The lowest BCUT2D eigenvalue weighted by Gasteiger charge is -2.18. The molecule has 1 amide bonds. The van der Waals surface area contributed by atoms with Gasteiger partial charge in [-0.15, -0.1) is 5.10 Å². The van der Waals surface area contributed by atoms with Crippen molar-refractivity contribution in [2.45, 2.75) is 20.4 Å². The van der Waals surface area contributed by atoms with E-state index >= 15 is 0 Å². The maximum absolute atomic E-state index is 12.8. The van der Waals surface area contributed by atoms with E-state index in [1.54, 1.807) is 18.2 Å². The van der Waals surface area contributed by atoms with E-state index in [1.807, 2.05) is 13.8 Å². The van der Waals surface area contributed by atoms with E-state index in [9.17, 15) is 4.79 Å². The monoisotopic (exact) mass is 427 g/mol. The minimum absolute atomic E-state index is 0.0403. The first-order valence-electron chi connectivity index (χ1n) is 9.59. The Hall–Kier alpha value is -4.00. The first-order chi connectivity index (χ1) is 15.1. The average Bonchev–Trinajstić information content (AvgIpc) is 3.50. The minimum Gasteiger partial charge on any atom is -0.454 e. The van der Waals surface area contributed by atoms with Gasteiger partial charge in [0.1, 0.15) is 0 Å². The molecule has 0 fully saturated rings. The highest BCUT2D eigenvalue weighted by Gasteiger charge is 2.25. The van der Waals surface area contributed by atoms with Gasteiger partial charge in [0.15, 0.2) is 17.2 Å². The Morgan fingerprint density at radius 2 is 2.10 bits per heavy atom. The zero-order chi connectivity index (χ0) is 21.8. The normalized spacial score (nSPS) is 12.7. The molecule has 0 aliphatic carbocycles. The summed E-state index contributed by atoms with van der Waals surface area (Å²) in [7, 11) is 0. The summed E-state index contributed by atoms with van der Waals surface area (Å²) in [6.45, 7) is 6.12. The molecule has 13 heteroatoms. The second kappa shape index (κ2) is 8.79. The second-order valence-electron chi connectivity index (χ2n) is 6.54. The molecule has 3 heterocycles. The molecule has 0 unspecified atom stereocenters. The molecule has 13 nitrogen and oxygen atoms in total. The summed E-state index contributed by atoms with van der Waals surface area (Å²) in [4.78, 5) is 14.9. The van der Waals surface area contributed by atoms with Gasteiger partial charge >= 0.3 is 0 Å². The number of carbonyl (C=O) groups is 1. The van der Waals surface area contributed by atoms with Crippen LogP contribution in [0.25, 0.3) is 5.82 Å². The van der Waals surface area contributed by atoms with E-state index < -0.39 is 5.91 Å². The highest BCUT2D eigenvalue weighted by Crippen LogP contribution is 2.31. The van der Waals surface area contributed by atoms with Gasteiger partial charge in [-0.3, -0.25) is 9.69 Å². The maximum atomic E-state index is 12.8. The quantitative estimate of drug-likeness (QED) is 0.384. The van der Waals surface area contributed by atoms with Crippen molar-refractivity contribution < 1.29 is 18.9 Å². The van der Waals surface area contributed by atoms with Crippen molar-refractivity contribution in [2.24, 2.45) is 5.10 Å². The second-order valence-corrected chi connectivity index (χ2v) is 6.54. The average molecular weight is 427 g/mol. The highest BCUT2D eigenvalue weighted by atomic mass is 16.7. The SMILES string of the molecule is CCN(CC)Cc1c(C(=O)N/N=C/c2ccc3c(c2)OCO3)nnn1-c1nonc1N. The number of hydrazone groups is 1. The minimum atomic E-state index is -0.527. The number of aromatic nitrogens is 5. The molecule has 0 radical (unpaired) electrons. The van der Waals surface area contributed by atoms with E-state index in [-0.39, 0.29) is 24.1 Å². The van der Waals surface area contributed by atoms with Crippen LogP contribution in [0, 0.1) is 0 Å². The van der Waals surface area contributed by atoms with Crippen molar-refractivity contribution in [2.75, 3.05) is 25.6 Å². The Kier molecular flexibility index (Phi) is 5.75. The summed E-state index contributed by atoms with van der Waals surface area (Å²) in [6.07, 6.45) is 1.49. The number of nitrogens with zero attached hydrogens (tertiary/aromatic N) is 7. The number of anilines is 1. The molecule has 162 valence electrons. The number of carbonyl (C=O) groups excluding carboxylic acids is 1. The molecule has 0 spiro atoms. The molecule has 1 aliphatic heterocycles. The Balaban J connectivity index is 1.55. The summed E-state index contributed by atoms with van der Waals surface area (Å²) in [5.41, 5.74) is 9.58. The van der Waals surface area contributed by atoms with Gasteiger partial charge in [-0.05, 0) is 47.2 Å². The van der Waals surface area contributed by atoms with Crippen LogP contribution in [0.15, 0.2) is 27.9 Å². The van der Waals surface area contributed by atoms with Crippen molar-refractivity contribution >= 4 is 17.9 Å². The molecule has 0 atom stereocenters. The van der Waals surface area contributed by atoms with Crippen LogP contribution in [0.4, 0.5) is 5.82 Å². The molecule has 3 aromatic rings. The van der Waals surface area contributed by atoms with Crippen molar-refractivity contribution in [1.82, 2.24) is 35.6 Å². The molecule has 1 aliphatic rings. The fraction of sp³-hybridized carbons (Fsp3) is 0.333. The fourth-order valence-electron chi connectivity index (χ4n) is 3.00. The number of rotatable bonds is 8. The smallest absolute Gasteiger partial charge is 0.293 e. The van der Waals surface area contributed by atoms with Gasteiger partial charge in [0.25, 0.3) is 5.91 Å². The highest BCUT2D eigenvalue weighted by molar-refractivity contribution is 5.94. The van der Waals surface area contributed by atoms with Gasteiger partial charge in [-0.2, -0.15) is 9.78 Å². The maximum Gasteiger partial charge on any atom is 0.293 e. The number of amides is 1. The van der Waals surface area contributed by atoms with Crippen LogP contribution >= 0.6 is 0 Å². The zero-order valence-corrected chi connectivity index (χ0v) is 17.0. The Morgan fingerprint density at radius 1 is 1.29 bits per heavy atom. The van der Waals surface area contributed by atoms with Crippen molar-refractivity contribution in [3.05, 3.63) is 35.2 Å². The molecule has 3 N–H and O–H groups in total. The number of nitrogens with two attached hydrogens (primary N) is 1. The third-order valence-corrected chi connectivity index (χ3v) is 4.72. The predicted molar refractivity (Wildman–Crippen MR) is 108 cm³/mol. The number of nitrogens with one attached hydrogen (secondary N) is 1. The van der Waals surface area contributed by atoms with E-state index in [0.29, 0.717) is 23.7 Å². The van der Waals surface area contributed by atoms with Crippen LogP contribution in [0.2, 0.25) is 0 Å². The van der Waals surface area contributed by atoms with Crippen LogP contribution < -0.4 is 20.6 Å². The standard InChI is InChI=1S/C18H21N9O4/c1-3-26(4-2)9-12-15(21-25-27(12)17-16(19)23-31-24-17)18(28)22-20-8-11-5-6-13-14(7-11)30-10-29-13/h5-8H,3-4,9-10H2,1-2H3,(H2,19,23)(H,22,28)/b20-8+. The van der Waals surface area contributed by atoms with Crippen LogP contribution in [0.1, 0.15) is 35.6 Å². The van der Waals surface area contributed by atoms with Gasteiger partial charge in [0.05, 0.1) is 11.9 Å². The molecule has 2 aromatic heterocycles. The molecular weight excluding hydrogens is 406 g/mol. The van der Waals surface area contributed by atoms with Crippen LogP contribution in [-0.4, -0.2) is 62.2 Å². The number of hydrogen-bond donors (Lipinski definition) is 2. The summed E-state index contributed by atoms with van der Waals surface area (Å²) >= 11 is 0. The van der Waals surface area contributed by atoms with Crippen LogP contribution in [0.5, 0.6) is 11.5 Å². The van der Waals surface area contributed by atoms with Gasteiger partial charge < -0.3 is 15.2 Å². The van der Waals surface area contributed by atoms with E-state index in [2.05, 4.69) is 40.7 Å². The number of benzene rings is 1. The molecule has 0 saturated heterocycles. The molecule has 4 rings (SSSR count). The lowest BCUT2D eigenvalue weighted by Crippen LogP contribution is -2.27.